The molecule has 2 bridgehead atoms. The molecule has 0 N–H and O–H groups in total. The maximum absolute atomic E-state index is 5.56. The first kappa shape index (κ1) is 10.1. The molecule has 1 aliphatic carbocycles. The van der Waals surface area contributed by atoms with Crippen LogP contribution < -0.4 is 0 Å². The molecule has 2 nitrogen and oxygen atoms in total. The van der Waals surface area contributed by atoms with Gasteiger partial charge in [0.15, 0.2) is 0 Å². The molecule has 2 heterocycles. The Kier molecular flexibility index (Phi) is 2.73. The van der Waals surface area contributed by atoms with Gasteiger partial charge < -0.3 is 4.74 Å². The maximum Gasteiger partial charge on any atom is 0.0601 e. The predicted molar refractivity (Wildman–Crippen MR) is 60.9 cm³/mol. The minimum absolute atomic E-state index is 0.556. The van der Waals surface area contributed by atoms with Crippen LogP contribution in [0.4, 0.5) is 0 Å². The molecule has 2 unspecified atom stereocenters. The summed E-state index contributed by atoms with van der Waals surface area (Å²) in [4.78, 5) is 2.88. The van der Waals surface area contributed by atoms with Crippen molar-refractivity contribution in [1.82, 2.24) is 4.90 Å². The largest absolute Gasteiger partial charge is 0.381 e. The molecule has 0 aromatic carbocycles. The van der Waals surface area contributed by atoms with Gasteiger partial charge in [-0.1, -0.05) is 12.8 Å². The number of rotatable bonds is 2. The first-order valence-corrected chi connectivity index (χ1v) is 6.68. The molecule has 2 atom stereocenters. The van der Waals surface area contributed by atoms with Crippen LogP contribution in [0.1, 0.15) is 51.4 Å². The molecule has 0 aromatic heterocycles. The van der Waals surface area contributed by atoms with Crippen molar-refractivity contribution in [2.45, 2.75) is 75.6 Å². The summed E-state index contributed by atoms with van der Waals surface area (Å²) < 4.78 is 5.56. The third-order valence-electron chi connectivity index (χ3n) is 4.83. The second-order valence-electron chi connectivity index (χ2n) is 5.60. The van der Waals surface area contributed by atoms with Crippen LogP contribution >= 0.6 is 0 Å². The van der Waals surface area contributed by atoms with E-state index in [1.54, 1.807) is 0 Å². The lowest BCUT2D eigenvalue weighted by Gasteiger charge is -2.42. The summed E-state index contributed by atoms with van der Waals surface area (Å²) in [5, 5.41) is 0. The summed E-state index contributed by atoms with van der Waals surface area (Å²) in [6, 6.07) is 2.65. The van der Waals surface area contributed by atoms with Crippen LogP contribution in [0.2, 0.25) is 0 Å². The third-order valence-corrected chi connectivity index (χ3v) is 4.83. The highest BCUT2D eigenvalue weighted by Gasteiger charge is 2.44. The molecule has 0 amide bonds. The standard InChI is InChI=1S/C13H23NO/c1-15-13-8-11-6-7-12(9-13)14(11)10-4-2-3-5-10/h10-13H,2-9H2,1H3. The van der Waals surface area contributed by atoms with Crippen LogP contribution in [0.5, 0.6) is 0 Å². The van der Waals surface area contributed by atoms with Crippen molar-refractivity contribution in [3.63, 3.8) is 0 Å². The molecular weight excluding hydrogens is 186 g/mol. The zero-order valence-corrected chi connectivity index (χ0v) is 9.82. The van der Waals surface area contributed by atoms with Crippen LogP contribution in [-0.2, 0) is 4.74 Å². The van der Waals surface area contributed by atoms with Crippen LogP contribution in [0, 0.1) is 0 Å². The fraction of sp³-hybridized carbons (Fsp3) is 1.00. The lowest BCUT2D eigenvalue weighted by molar-refractivity contribution is -0.0114. The van der Waals surface area contributed by atoms with Crippen molar-refractivity contribution in [1.29, 1.82) is 0 Å². The van der Waals surface area contributed by atoms with E-state index in [2.05, 4.69) is 4.90 Å². The number of fused-ring (bicyclic) bond motifs is 2. The van der Waals surface area contributed by atoms with Crippen LogP contribution in [0.25, 0.3) is 0 Å². The molecule has 3 fully saturated rings. The maximum atomic E-state index is 5.56. The van der Waals surface area contributed by atoms with Crippen LogP contribution in [0.3, 0.4) is 0 Å². The highest BCUT2D eigenvalue weighted by molar-refractivity contribution is 4.99. The lowest BCUT2D eigenvalue weighted by atomic mass is 9.97. The first-order chi connectivity index (χ1) is 7.38. The van der Waals surface area contributed by atoms with E-state index in [0.717, 1.165) is 18.1 Å². The minimum Gasteiger partial charge on any atom is -0.381 e. The quantitative estimate of drug-likeness (QED) is 0.693. The highest BCUT2D eigenvalue weighted by atomic mass is 16.5. The summed E-state index contributed by atoms with van der Waals surface area (Å²) >= 11 is 0. The summed E-state index contributed by atoms with van der Waals surface area (Å²) in [5.41, 5.74) is 0. The van der Waals surface area contributed by atoms with Crippen molar-refractivity contribution < 1.29 is 4.74 Å². The molecule has 2 aliphatic heterocycles. The zero-order valence-electron chi connectivity index (χ0n) is 9.82. The molecule has 2 heteroatoms. The molecule has 1 saturated carbocycles. The van der Waals surface area contributed by atoms with Crippen molar-refractivity contribution >= 4 is 0 Å². The summed E-state index contributed by atoms with van der Waals surface area (Å²) in [6.07, 6.45) is 11.9. The molecule has 0 radical (unpaired) electrons. The lowest BCUT2D eigenvalue weighted by Crippen LogP contribution is -2.49. The molecule has 2 saturated heterocycles. The van der Waals surface area contributed by atoms with E-state index in [0.29, 0.717) is 6.10 Å². The number of ether oxygens (including phenoxy) is 1. The van der Waals surface area contributed by atoms with E-state index < -0.39 is 0 Å². The van der Waals surface area contributed by atoms with Gasteiger partial charge >= 0.3 is 0 Å². The molecule has 3 rings (SSSR count). The van der Waals surface area contributed by atoms with Crippen molar-refractivity contribution in [2.24, 2.45) is 0 Å². The number of hydrogen-bond donors (Lipinski definition) is 0. The van der Waals surface area contributed by atoms with E-state index in [-0.39, 0.29) is 0 Å². The van der Waals surface area contributed by atoms with Crippen LogP contribution in [0.15, 0.2) is 0 Å². The Bertz CT molecular complexity index is 211. The Morgan fingerprint density at radius 3 is 2.00 bits per heavy atom. The van der Waals surface area contributed by atoms with Gasteiger partial charge in [0.25, 0.3) is 0 Å². The second-order valence-corrected chi connectivity index (χ2v) is 5.60. The predicted octanol–water partition coefficient (Wildman–Crippen LogP) is 2.57. The number of hydrogen-bond acceptors (Lipinski definition) is 2. The Hall–Kier alpha value is -0.0800. The van der Waals surface area contributed by atoms with Gasteiger partial charge in [-0.2, -0.15) is 0 Å². The monoisotopic (exact) mass is 209 g/mol. The number of nitrogens with zero attached hydrogens (tertiary/aromatic N) is 1. The Morgan fingerprint density at radius 2 is 1.47 bits per heavy atom. The topological polar surface area (TPSA) is 12.5 Å². The van der Waals surface area contributed by atoms with Gasteiger partial charge in [-0.05, 0) is 38.5 Å². The Morgan fingerprint density at radius 1 is 0.867 bits per heavy atom. The van der Waals surface area contributed by atoms with Crippen molar-refractivity contribution in [2.75, 3.05) is 7.11 Å². The normalized spacial score (nSPS) is 42.6. The van der Waals surface area contributed by atoms with E-state index >= 15 is 0 Å². The van der Waals surface area contributed by atoms with Gasteiger partial charge in [-0.3, -0.25) is 4.90 Å². The summed E-state index contributed by atoms with van der Waals surface area (Å²) in [6.45, 7) is 0. The van der Waals surface area contributed by atoms with Gasteiger partial charge in [0.1, 0.15) is 0 Å². The minimum atomic E-state index is 0.556. The summed E-state index contributed by atoms with van der Waals surface area (Å²) in [5.74, 6) is 0. The van der Waals surface area contributed by atoms with E-state index in [4.69, 9.17) is 4.74 Å². The fourth-order valence-corrected chi connectivity index (χ4v) is 4.15. The highest BCUT2D eigenvalue weighted by Crippen LogP contribution is 2.41. The van der Waals surface area contributed by atoms with E-state index in [1.165, 1.54) is 51.4 Å². The number of piperidine rings is 1. The number of methoxy groups -OCH3 is 1. The van der Waals surface area contributed by atoms with Gasteiger partial charge in [0, 0.05) is 25.2 Å². The van der Waals surface area contributed by atoms with E-state index in [1.807, 2.05) is 7.11 Å². The van der Waals surface area contributed by atoms with Gasteiger partial charge in [0.05, 0.1) is 6.10 Å². The van der Waals surface area contributed by atoms with Crippen molar-refractivity contribution in [3.8, 4) is 0 Å². The molecule has 15 heavy (non-hydrogen) atoms. The molecular formula is C13H23NO. The smallest absolute Gasteiger partial charge is 0.0601 e. The van der Waals surface area contributed by atoms with Crippen LogP contribution in [-0.4, -0.2) is 36.2 Å². The first-order valence-electron chi connectivity index (χ1n) is 6.68. The average molecular weight is 209 g/mol. The third kappa shape index (κ3) is 1.72. The average Bonchev–Trinajstić information content (AvgIpc) is 2.84. The Labute approximate surface area is 93.0 Å². The molecule has 3 aliphatic rings. The van der Waals surface area contributed by atoms with E-state index in [9.17, 15) is 0 Å². The summed E-state index contributed by atoms with van der Waals surface area (Å²) in [7, 11) is 1.88. The van der Waals surface area contributed by atoms with Gasteiger partial charge in [0.2, 0.25) is 0 Å². The second kappa shape index (κ2) is 4.06. The molecule has 0 aromatic rings. The zero-order chi connectivity index (χ0) is 10.3. The van der Waals surface area contributed by atoms with Gasteiger partial charge in [-0.25, -0.2) is 0 Å². The fourth-order valence-electron chi connectivity index (χ4n) is 4.15. The van der Waals surface area contributed by atoms with Gasteiger partial charge in [-0.15, -0.1) is 0 Å². The SMILES string of the molecule is COC1CC2CCC(C1)N2C1CCCC1. The van der Waals surface area contributed by atoms with Crippen molar-refractivity contribution in [3.05, 3.63) is 0 Å². The molecule has 86 valence electrons. The molecule has 0 spiro atoms. The Balaban J connectivity index is 1.70.